The maximum absolute atomic E-state index is 12.1. The highest BCUT2D eigenvalue weighted by molar-refractivity contribution is 6.31. The molecule has 0 saturated carbocycles. The smallest absolute Gasteiger partial charge is 0.260 e. The van der Waals surface area contributed by atoms with Crippen molar-refractivity contribution >= 4 is 17.5 Å². The first kappa shape index (κ1) is 18.9. The number of nitrogens with one attached hydrogen (secondary N) is 1. The summed E-state index contributed by atoms with van der Waals surface area (Å²) in [6.45, 7) is 4.33. The van der Waals surface area contributed by atoms with Crippen molar-refractivity contribution in [1.29, 1.82) is 0 Å². The molecule has 1 N–H and O–H groups in total. The van der Waals surface area contributed by atoms with Crippen LogP contribution in [0.15, 0.2) is 42.5 Å². The summed E-state index contributed by atoms with van der Waals surface area (Å²) in [6, 6.07) is 12.6. The van der Waals surface area contributed by atoms with Crippen molar-refractivity contribution in [3.05, 3.63) is 53.1 Å². The molecule has 0 aliphatic rings. The molecule has 5 nitrogen and oxygen atoms in total. The number of halogens is 1. The summed E-state index contributed by atoms with van der Waals surface area (Å²) in [5.41, 5.74) is 0.992. The van der Waals surface area contributed by atoms with Crippen LogP contribution in [0.4, 0.5) is 0 Å². The van der Waals surface area contributed by atoms with E-state index in [9.17, 15) is 4.79 Å². The van der Waals surface area contributed by atoms with Crippen molar-refractivity contribution < 1.29 is 19.0 Å². The molecule has 0 aliphatic heterocycles. The van der Waals surface area contributed by atoms with Crippen molar-refractivity contribution in [2.45, 2.75) is 20.0 Å². The van der Waals surface area contributed by atoms with Crippen LogP contribution in [0.2, 0.25) is 5.02 Å². The fourth-order valence-electron chi connectivity index (χ4n) is 2.08. The summed E-state index contributed by atoms with van der Waals surface area (Å²) in [4.78, 5) is 12.1. The van der Waals surface area contributed by atoms with Crippen LogP contribution in [0.3, 0.4) is 0 Å². The Balaban J connectivity index is 1.74. The van der Waals surface area contributed by atoms with Crippen LogP contribution in [-0.4, -0.2) is 32.3 Å². The van der Waals surface area contributed by atoms with Gasteiger partial charge >= 0.3 is 0 Å². The maximum atomic E-state index is 12.1. The van der Waals surface area contributed by atoms with Crippen molar-refractivity contribution in [3.8, 4) is 17.2 Å². The number of carbonyl (C=O) groups is 1. The Labute approximate surface area is 152 Å². The number of methoxy groups -OCH3 is 1. The lowest BCUT2D eigenvalue weighted by molar-refractivity contribution is -0.127. The molecule has 0 saturated heterocycles. The summed E-state index contributed by atoms with van der Waals surface area (Å²) in [5.74, 6) is 1.71. The van der Waals surface area contributed by atoms with E-state index in [0.717, 1.165) is 5.56 Å². The summed E-state index contributed by atoms with van der Waals surface area (Å²) in [5, 5.41) is 3.43. The third-order valence-electron chi connectivity index (χ3n) is 3.54. The summed E-state index contributed by atoms with van der Waals surface area (Å²) in [6.07, 6.45) is -0.624. The summed E-state index contributed by atoms with van der Waals surface area (Å²) >= 11 is 6.04. The van der Waals surface area contributed by atoms with Gasteiger partial charge in [-0.3, -0.25) is 4.79 Å². The highest BCUT2D eigenvalue weighted by Gasteiger charge is 2.14. The normalized spacial score (nSPS) is 11.5. The molecule has 2 aromatic carbocycles. The zero-order valence-electron chi connectivity index (χ0n) is 14.5. The molecule has 1 atom stereocenters. The van der Waals surface area contributed by atoms with Gasteiger partial charge in [0.25, 0.3) is 5.91 Å². The number of hydrogen-bond acceptors (Lipinski definition) is 4. The fraction of sp³-hybridized carbons (Fsp3) is 0.316. The minimum Gasteiger partial charge on any atom is -0.497 e. The zero-order valence-corrected chi connectivity index (χ0v) is 15.3. The lowest BCUT2D eigenvalue weighted by Crippen LogP contribution is -2.38. The van der Waals surface area contributed by atoms with E-state index in [1.807, 2.05) is 25.1 Å². The first-order valence-electron chi connectivity index (χ1n) is 7.97. The number of hydrogen-bond donors (Lipinski definition) is 1. The van der Waals surface area contributed by atoms with Crippen molar-refractivity contribution in [1.82, 2.24) is 5.32 Å². The highest BCUT2D eigenvalue weighted by atomic mass is 35.5. The Morgan fingerprint density at radius 1 is 1.16 bits per heavy atom. The highest BCUT2D eigenvalue weighted by Crippen LogP contribution is 2.21. The Hall–Kier alpha value is -2.40. The SMILES string of the molecule is COc1cccc(OC(C)C(=O)NCCOc2ccc(C)c(Cl)c2)c1. The minimum atomic E-state index is -0.624. The van der Waals surface area contributed by atoms with E-state index in [-0.39, 0.29) is 5.91 Å². The lowest BCUT2D eigenvalue weighted by Gasteiger charge is -2.15. The van der Waals surface area contributed by atoms with E-state index in [1.165, 1.54) is 0 Å². The van der Waals surface area contributed by atoms with E-state index in [1.54, 1.807) is 38.3 Å². The van der Waals surface area contributed by atoms with Crippen LogP contribution in [0.5, 0.6) is 17.2 Å². The molecule has 2 rings (SSSR count). The number of rotatable bonds is 8. The largest absolute Gasteiger partial charge is 0.497 e. The number of carbonyl (C=O) groups excluding carboxylic acids is 1. The van der Waals surface area contributed by atoms with Crippen molar-refractivity contribution in [2.75, 3.05) is 20.3 Å². The predicted octanol–water partition coefficient (Wildman–Crippen LogP) is 3.62. The Kier molecular flexibility index (Phi) is 6.95. The van der Waals surface area contributed by atoms with Gasteiger partial charge in [-0.05, 0) is 43.7 Å². The van der Waals surface area contributed by atoms with Crippen LogP contribution >= 0.6 is 11.6 Å². The summed E-state index contributed by atoms with van der Waals surface area (Å²) in [7, 11) is 1.58. The van der Waals surface area contributed by atoms with Crippen LogP contribution in [-0.2, 0) is 4.79 Å². The fourth-order valence-corrected chi connectivity index (χ4v) is 2.25. The molecule has 6 heteroatoms. The van der Waals surface area contributed by atoms with E-state index >= 15 is 0 Å². The average Bonchev–Trinajstić information content (AvgIpc) is 2.61. The monoisotopic (exact) mass is 363 g/mol. The molecule has 0 aliphatic carbocycles. The maximum Gasteiger partial charge on any atom is 0.260 e. The molecule has 0 heterocycles. The molecule has 2 aromatic rings. The molecular formula is C19H22ClNO4. The molecular weight excluding hydrogens is 342 g/mol. The molecule has 1 unspecified atom stereocenters. The van der Waals surface area contributed by atoms with Gasteiger partial charge in [0, 0.05) is 11.1 Å². The lowest BCUT2D eigenvalue weighted by atomic mass is 10.2. The van der Waals surface area contributed by atoms with E-state index < -0.39 is 6.10 Å². The Bertz CT molecular complexity index is 720. The molecule has 0 aromatic heterocycles. The van der Waals surface area contributed by atoms with E-state index in [4.69, 9.17) is 25.8 Å². The molecule has 134 valence electrons. The third kappa shape index (κ3) is 5.87. The van der Waals surface area contributed by atoms with Crippen molar-refractivity contribution in [2.24, 2.45) is 0 Å². The van der Waals surface area contributed by atoms with Crippen LogP contribution in [0.25, 0.3) is 0 Å². The van der Waals surface area contributed by atoms with Crippen LogP contribution < -0.4 is 19.5 Å². The molecule has 25 heavy (non-hydrogen) atoms. The first-order valence-corrected chi connectivity index (χ1v) is 8.35. The number of aryl methyl sites for hydroxylation is 1. The van der Waals surface area contributed by atoms with E-state index in [0.29, 0.717) is 35.4 Å². The van der Waals surface area contributed by atoms with Gasteiger partial charge < -0.3 is 19.5 Å². The zero-order chi connectivity index (χ0) is 18.2. The first-order chi connectivity index (χ1) is 12.0. The van der Waals surface area contributed by atoms with Gasteiger partial charge in [-0.15, -0.1) is 0 Å². The van der Waals surface area contributed by atoms with Crippen LogP contribution in [0, 0.1) is 6.92 Å². The van der Waals surface area contributed by atoms with Gasteiger partial charge in [-0.1, -0.05) is 23.7 Å². The number of ether oxygens (including phenoxy) is 3. The van der Waals surface area contributed by atoms with Crippen molar-refractivity contribution in [3.63, 3.8) is 0 Å². The topological polar surface area (TPSA) is 56.8 Å². The van der Waals surface area contributed by atoms with Gasteiger partial charge in [0.05, 0.1) is 13.7 Å². The number of amides is 1. The Morgan fingerprint density at radius 3 is 2.64 bits per heavy atom. The third-order valence-corrected chi connectivity index (χ3v) is 3.94. The second-order valence-electron chi connectivity index (χ2n) is 5.49. The standard InChI is InChI=1S/C19H22ClNO4/c1-13-7-8-16(12-18(13)20)24-10-9-21-19(22)14(2)25-17-6-4-5-15(11-17)23-3/h4-8,11-12,14H,9-10H2,1-3H3,(H,21,22). The van der Waals surface area contributed by atoms with Gasteiger partial charge in [0.2, 0.25) is 0 Å². The predicted molar refractivity (Wildman–Crippen MR) is 97.8 cm³/mol. The van der Waals surface area contributed by atoms with Crippen LogP contribution in [0.1, 0.15) is 12.5 Å². The Morgan fingerprint density at radius 2 is 1.92 bits per heavy atom. The summed E-state index contributed by atoms with van der Waals surface area (Å²) < 4.78 is 16.3. The van der Waals surface area contributed by atoms with Gasteiger partial charge in [0.15, 0.2) is 6.10 Å². The second kappa shape index (κ2) is 9.18. The van der Waals surface area contributed by atoms with Gasteiger partial charge in [0.1, 0.15) is 23.9 Å². The molecule has 1 amide bonds. The molecule has 0 fully saturated rings. The second-order valence-corrected chi connectivity index (χ2v) is 5.90. The van der Waals surface area contributed by atoms with Gasteiger partial charge in [-0.25, -0.2) is 0 Å². The van der Waals surface area contributed by atoms with E-state index in [2.05, 4.69) is 5.32 Å². The average molecular weight is 364 g/mol. The molecule has 0 bridgehead atoms. The minimum absolute atomic E-state index is 0.214. The molecule has 0 spiro atoms. The molecule has 0 radical (unpaired) electrons. The quantitative estimate of drug-likeness (QED) is 0.728. The van der Waals surface area contributed by atoms with Gasteiger partial charge in [-0.2, -0.15) is 0 Å². The number of benzene rings is 2.